The molecule has 2 aliphatic rings. The Hall–Kier alpha value is -4.12. The summed E-state index contributed by atoms with van der Waals surface area (Å²) in [6.45, 7) is 4.31. The van der Waals surface area contributed by atoms with Crippen LogP contribution in [0.1, 0.15) is 26.3 Å². The van der Waals surface area contributed by atoms with Gasteiger partial charge in [-0.3, -0.25) is 19.3 Å². The number of ether oxygens (including phenoxy) is 2. The van der Waals surface area contributed by atoms with Crippen molar-refractivity contribution in [1.29, 1.82) is 0 Å². The zero-order valence-corrected chi connectivity index (χ0v) is 24.1. The van der Waals surface area contributed by atoms with E-state index in [1.165, 1.54) is 57.4 Å². The van der Waals surface area contributed by atoms with Crippen molar-refractivity contribution in [2.24, 2.45) is 17.6 Å². The maximum Gasteiger partial charge on any atom is 0.357 e. The smallest absolute Gasteiger partial charge is 0.357 e. The molecular weight excluding hydrogens is 578 g/mol. The second-order valence-electron chi connectivity index (χ2n) is 9.92. The van der Waals surface area contributed by atoms with Gasteiger partial charge in [-0.05, 0) is 48.9 Å². The summed E-state index contributed by atoms with van der Waals surface area (Å²) in [5, 5.41) is 35.8. The van der Waals surface area contributed by atoms with Gasteiger partial charge in [-0.1, -0.05) is 29.1 Å². The first kappa shape index (κ1) is 29.9. The summed E-state index contributed by atoms with van der Waals surface area (Å²) in [4.78, 5) is 52.7. The second kappa shape index (κ2) is 12.2. The van der Waals surface area contributed by atoms with E-state index in [-0.39, 0.29) is 22.8 Å². The Morgan fingerprint density at radius 1 is 1.27 bits per heavy atom. The summed E-state index contributed by atoms with van der Waals surface area (Å²) >= 11 is 2.56. The first-order valence-electron chi connectivity index (χ1n) is 12.1. The largest absolute Gasteiger partial charge is 0.508 e. The highest BCUT2D eigenvalue weighted by atomic mass is 32.2. The minimum absolute atomic E-state index is 0.0253. The fraction of sp³-hybridized carbons (Fsp3) is 0.417. The van der Waals surface area contributed by atoms with E-state index in [4.69, 9.17) is 9.47 Å². The average molecular weight is 606 g/mol. The number of hydrogen-bond acceptors (Lipinski definition) is 14. The van der Waals surface area contributed by atoms with E-state index in [1.54, 1.807) is 27.8 Å². The van der Waals surface area contributed by atoms with Crippen molar-refractivity contribution in [3.63, 3.8) is 0 Å². The van der Waals surface area contributed by atoms with Crippen molar-refractivity contribution in [2.75, 3.05) is 18.3 Å². The number of thioether (sulfide) groups is 2. The number of carbonyl (C=O) groups is 4. The van der Waals surface area contributed by atoms with E-state index in [1.807, 2.05) is 0 Å². The zero-order valence-electron chi connectivity index (χ0n) is 22.4. The third-order valence-electron chi connectivity index (χ3n) is 5.91. The molecule has 3 N–H and O–H groups in total. The van der Waals surface area contributed by atoms with Gasteiger partial charge in [-0.15, -0.1) is 16.9 Å². The molecular formula is C24H27N7O8S2. The molecule has 15 nitrogen and oxygen atoms in total. The van der Waals surface area contributed by atoms with Gasteiger partial charge in [-0.25, -0.2) is 9.48 Å². The molecule has 0 radical (unpaired) electrons. The molecule has 0 saturated carbocycles. The van der Waals surface area contributed by atoms with Gasteiger partial charge in [-0.2, -0.15) is 0 Å². The molecule has 2 aromatic rings. The van der Waals surface area contributed by atoms with Crippen molar-refractivity contribution in [1.82, 2.24) is 30.4 Å². The molecule has 0 spiro atoms. The average Bonchev–Trinajstić information content (AvgIpc) is 3.34. The highest BCUT2D eigenvalue weighted by Crippen LogP contribution is 2.42. The highest BCUT2D eigenvalue weighted by molar-refractivity contribution is 8.01. The van der Waals surface area contributed by atoms with Crippen LogP contribution in [0.4, 0.5) is 0 Å². The SMILES string of the molecule is Cn1nnnc1SCC1=C(C(=O)OCOC(=O)C(C)(C)C)N2C(=O)C(NC(=O)C(=NO)c3cccc(O)c3)[C@H]2SC1. The lowest BCUT2D eigenvalue weighted by atomic mass is 9.98. The van der Waals surface area contributed by atoms with E-state index < -0.39 is 53.1 Å². The van der Waals surface area contributed by atoms with Crippen molar-refractivity contribution in [2.45, 2.75) is 37.3 Å². The first-order chi connectivity index (χ1) is 19.4. The Morgan fingerprint density at radius 3 is 2.66 bits per heavy atom. The van der Waals surface area contributed by atoms with Crippen LogP contribution < -0.4 is 5.32 Å². The van der Waals surface area contributed by atoms with Crippen molar-refractivity contribution < 1.29 is 39.0 Å². The number of phenolic OH excluding ortho intramolecular Hbond substituents is 1. The number of carbonyl (C=O) groups excluding carboxylic acids is 4. The third kappa shape index (κ3) is 6.45. The van der Waals surface area contributed by atoms with E-state index >= 15 is 0 Å². The fourth-order valence-electron chi connectivity index (χ4n) is 3.80. The Bertz CT molecular complexity index is 1430. The molecule has 218 valence electrons. The van der Waals surface area contributed by atoms with Gasteiger partial charge in [0.25, 0.3) is 11.8 Å². The topological polar surface area (TPSA) is 198 Å². The molecule has 3 heterocycles. The summed E-state index contributed by atoms with van der Waals surface area (Å²) in [6, 6.07) is 4.50. The van der Waals surface area contributed by atoms with Crippen LogP contribution in [0.15, 0.2) is 45.8 Å². The predicted octanol–water partition coefficient (Wildman–Crippen LogP) is 0.630. The van der Waals surface area contributed by atoms with Gasteiger partial charge in [0.05, 0.1) is 5.41 Å². The normalized spacial score (nSPS) is 18.9. The number of nitrogens with one attached hydrogen (secondary N) is 1. The Morgan fingerprint density at radius 2 is 2.02 bits per heavy atom. The van der Waals surface area contributed by atoms with Crippen LogP contribution in [0.3, 0.4) is 0 Å². The molecule has 2 amide bonds. The predicted molar refractivity (Wildman–Crippen MR) is 145 cm³/mol. The number of tetrazole rings is 1. The van der Waals surface area contributed by atoms with Crippen LogP contribution >= 0.6 is 23.5 Å². The van der Waals surface area contributed by atoms with Crippen LogP contribution in [0.2, 0.25) is 0 Å². The van der Waals surface area contributed by atoms with Crippen LogP contribution in [-0.4, -0.2) is 94.6 Å². The quantitative estimate of drug-likeness (QED) is 0.0685. The number of aromatic hydroxyl groups is 1. The zero-order chi connectivity index (χ0) is 29.9. The molecule has 4 rings (SSSR count). The van der Waals surface area contributed by atoms with E-state index in [0.717, 1.165) is 0 Å². The number of fused-ring (bicyclic) bond motifs is 1. The lowest BCUT2D eigenvalue weighted by molar-refractivity contribution is -0.173. The molecule has 1 aromatic carbocycles. The van der Waals surface area contributed by atoms with E-state index in [0.29, 0.717) is 16.5 Å². The fourth-order valence-corrected chi connectivity index (χ4v) is 6.13. The lowest BCUT2D eigenvalue weighted by Gasteiger charge is -2.49. The summed E-state index contributed by atoms with van der Waals surface area (Å²) in [7, 11) is 1.66. The van der Waals surface area contributed by atoms with Gasteiger partial charge in [0.1, 0.15) is 22.9 Å². The third-order valence-corrected chi connectivity index (χ3v) is 8.35. The number of esters is 2. The number of aromatic nitrogens is 4. The lowest BCUT2D eigenvalue weighted by Crippen LogP contribution is -2.71. The van der Waals surface area contributed by atoms with Gasteiger partial charge in [0.15, 0.2) is 5.71 Å². The van der Waals surface area contributed by atoms with Gasteiger partial charge < -0.3 is 25.1 Å². The Kier molecular flexibility index (Phi) is 8.86. The summed E-state index contributed by atoms with van der Waals surface area (Å²) in [5.74, 6) is -2.48. The molecule has 17 heteroatoms. The van der Waals surface area contributed by atoms with Crippen LogP contribution in [0, 0.1) is 5.41 Å². The van der Waals surface area contributed by atoms with E-state index in [2.05, 4.69) is 26.0 Å². The number of nitrogens with zero attached hydrogens (tertiary/aromatic N) is 6. The standard InChI is InChI=1S/C24H27N7O8S2/c1-24(2,3)22(36)39-11-38-21(35)17-13(10-41-23-26-28-29-30(23)4)9-40-20-16(19(34)31(17)20)25-18(33)15(27-37)12-6-5-7-14(32)8-12/h5-8,16,20,32,37H,9-11H2,1-4H3,(H,25,33)/t16?,20-/m1/s1. The van der Waals surface area contributed by atoms with Crippen LogP contribution in [-0.2, 0) is 35.7 Å². The number of β-lactam (4-membered cyclic amide) rings is 1. The molecule has 1 aromatic heterocycles. The number of benzene rings is 1. The van der Waals surface area contributed by atoms with Crippen LogP contribution in [0.25, 0.3) is 0 Å². The number of rotatable bonds is 9. The maximum atomic E-state index is 13.3. The number of phenols is 1. The van der Waals surface area contributed by atoms with E-state index in [9.17, 15) is 29.5 Å². The molecule has 2 atom stereocenters. The maximum absolute atomic E-state index is 13.3. The first-order valence-corrected chi connectivity index (χ1v) is 14.1. The summed E-state index contributed by atoms with van der Waals surface area (Å²) in [6.07, 6.45) is 0. The highest BCUT2D eigenvalue weighted by Gasteiger charge is 2.54. The second-order valence-corrected chi connectivity index (χ2v) is 12.0. The number of aryl methyl sites for hydroxylation is 1. The molecule has 1 unspecified atom stereocenters. The van der Waals surface area contributed by atoms with Gasteiger partial charge in [0, 0.05) is 24.1 Å². The molecule has 41 heavy (non-hydrogen) atoms. The van der Waals surface area contributed by atoms with Gasteiger partial charge in [0.2, 0.25) is 11.9 Å². The molecule has 1 saturated heterocycles. The number of hydrogen-bond donors (Lipinski definition) is 3. The Labute approximate surface area is 242 Å². The summed E-state index contributed by atoms with van der Waals surface area (Å²) in [5.41, 5.74) is -0.544. The van der Waals surface area contributed by atoms with Crippen molar-refractivity contribution in [3.8, 4) is 5.75 Å². The number of amides is 2. The minimum atomic E-state index is -1.04. The molecule has 1 fully saturated rings. The Balaban J connectivity index is 1.51. The van der Waals surface area contributed by atoms with Crippen molar-refractivity contribution >= 4 is 53.0 Å². The van der Waals surface area contributed by atoms with Crippen molar-refractivity contribution in [3.05, 3.63) is 41.1 Å². The molecule has 0 aliphatic carbocycles. The van der Waals surface area contributed by atoms with Gasteiger partial charge >= 0.3 is 11.9 Å². The minimum Gasteiger partial charge on any atom is -0.508 e. The number of oxime groups is 1. The summed E-state index contributed by atoms with van der Waals surface area (Å²) < 4.78 is 11.7. The molecule has 2 aliphatic heterocycles. The van der Waals surface area contributed by atoms with Crippen LogP contribution in [0.5, 0.6) is 5.75 Å². The monoisotopic (exact) mass is 605 g/mol. The molecule has 0 bridgehead atoms.